The van der Waals surface area contributed by atoms with E-state index in [9.17, 15) is 0 Å². The maximum Gasteiger partial charge on any atom is 0.154 e. The molecule has 0 bridgehead atoms. The molecule has 0 aliphatic carbocycles. The molecule has 3 aromatic rings. The van der Waals surface area contributed by atoms with Gasteiger partial charge >= 0.3 is 0 Å². The molecular formula is C18H25N7O. The van der Waals surface area contributed by atoms with Gasteiger partial charge in [0, 0.05) is 44.0 Å². The van der Waals surface area contributed by atoms with Crippen molar-refractivity contribution in [3.05, 3.63) is 47.1 Å². The van der Waals surface area contributed by atoms with E-state index in [2.05, 4.69) is 37.0 Å². The van der Waals surface area contributed by atoms with Crippen LogP contribution in [0.4, 0.5) is 0 Å². The second-order valence-electron chi connectivity index (χ2n) is 7.11. The van der Waals surface area contributed by atoms with Crippen LogP contribution in [0.3, 0.4) is 0 Å². The Balaban J connectivity index is 1.47. The quantitative estimate of drug-likeness (QED) is 0.697. The minimum Gasteiger partial charge on any atom is -0.361 e. The highest BCUT2D eigenvalue weighted by molar-refractivity contribution is 5.20. The van der Waals surface area contributed by atoms with E-state index in [0.29, 0.717) is 12.5 Å². The van der Waals surface area contributed by atoms with Crippen LogP contribution < -0.4 is 0 Å². The zero-order valence-electron chi connectivity index (χ0n) is 15.6. The largest absolute Gasteiger partial charge is 0.361 e. The van der Waals surface area contributed by atoms with Crippen molar-refractivity contribution < 1.29 is 4.52 Å². The molecule has 1 aliphatic heterocycles. The topological polar surface area (TPSA) is 77.8 Å². The molecule has 1 aliphatic rings. The Morgan fingerprint density at radius 3 is 2.85 bits per heavy atom. The molecule has 1 fully saturated rings. The molecular weight excluding hydrogens is 330 g/mol. The van der Waals surface area contributed by atoms with E-state index in [1.54, 1.807) is 6.20 Å². The standard InChI is InChI=1S/C18H25N7O/c1-13-16(14(2)26-22-13)11-24-8-4-6-15(10-24)18-21-20-17(23(18)3)12-25-9-5-7-19-25/h5,7,9,15H,4,6,8,10-12H2,1-3H3/t15-/m0/s1. The molecule has 0 saturated carbocycles. The minimum atomic E-state index is 0.396. The Bertz CT molecular complexity index is 845. The average Bonchev–Trinajstić information content (AvgIpc) is 3.35. The lowest BCUT2D eigenvalue weighted by Crippen LogP contribution is -2.35. The van der Waals surface area contributed by atoms with Crippen LogP contribution in [0.15, 0.2) is 23.0 Å². The lowest BCUT2D eigenvalue weighted by Gasteiger charge is -2.32. The summed E-state index contributed by atoms with van der Waals surface area (Å²) < 4.78 is 9.31. The maximum atomic E-state index is 5.31. The second kappa shape index (κ2) is 7.03. The third-order valence-corrected chi connectivity index (χ3v) is 5.29. The first kappa shape index (κ1) is 17.0. The van der Waals surface area contributed by atoms with Crippen LogP contribution in [0, 0.1) is 13.8 Å². The Kier molecular flexibility index (Phi) is 4.58. The van der Waals surface area contributed by atoms with Gasteiger partial charge in [0.2, 0.25) is 0 Å². The Labute approximate surface area is 152 Å². The van der Waals surface area contributed by atoms with E-state index in [1.165, 1.54) is 5.56 Å². The highest BCUT2D eigenvalue weighted by Crippen LogP contribution is 2.27. The number of piperidine rings is 1. The van der Waals surface area contributed by atoms with Crippen molar-refractivity contribution in [1.29, 1.82) is 0 Å². The molecule has 4 heterocycles. The maximum absolute atomic E-state index is 5.31. The minimum absolute atomic E-state index is 0.396. The fraction of sp³-hybridized carbons (Fsp3) is 0.556. The molecule has 8 heteroatoms. The number of hydrogen-bond donors (Lipinski definition) is 0. The first-order valence-electron chi connectivity index (χ1n) is 9.11. The van der Waals surface area contributed by atoms with Gasteiger partial charge in [-0.15, -0.1) is 10.2 Å². The zero-order valence-corrected chi connectivity index (χ0v) is 15.6. The Morgan fingerprint density at radius 2 is 2.12 bits per heavy atom. The summed E-state index contributed by atoms with van der Waals surface area (Å²) in [4.78, 5) is 2.47. The molecule has 1 saturated heterocycles. The van der Waals surface area contributed by atoms with Gasteiger partial charge < -0.3 is 9.09 Å². The normalized spacial score (nSPS) is 18.5. The van der Waals surface area contributed by atoms with Gasteiger partial charge in [0.15, 0.2) is 5.82 Å². The first-order chi connectivity index (χ1) is 12.6. The van der Waals surface area contributed by atoms with Crippen molar-refractivity contribution in [3.8, 4) is 0 Å². The van der Waals surface area contributed by atoms with E-state index in [0.717, 1.165) is 55.6 Å². The van der Waals surface area contributed by atoms with E-state index < -0.39 is 0 Å². The molecule has 0 unspecified atom stereocenters. The molecule has 3 aromatic heterocycles. The van der Waals surface area contributed by atoms with E-state index in [1.807, 2.05) is 30.8 Å². The highest BCUT2D eigenvalue weighted by atomic mass is 16.5. The number of hydrogen-bond acceptors (Lipinski definition) is 6. The number of aryl methyl sites for hydroxylation is 2. The molecule has 8 nitrogen and oxygen atoms in total. The smallest absolute Gasteiger partial charge is 0.154 e. The van der Waals surface area contributed by atoms with Crippen molar-refractivity contribution in [2.75, 3.05) is 13.1 Å². The highest BCUT2D eigenvalue weighted by Gasteiger charge is 2.27. The van der Waals surface area contributed by atoms with Crippen LogP contribution in [0.5, 0.6) is 0 Å². The molecule has 1 atom stereocenters. The van der Waals surface area contributed by atoms with Crippen molar-refractivity contribution >= 4 is 0 Å². The second-order valence-corrected chi connectivity index (χ2v) is 7.11. The zero-order chi connectivity index (χ0) is 18.1. The van der Waals surface area contributed by atoms with Crippen molar-refractivity contribution in [2.45, 2.75) is 45.7 Å². The fourth-order valence-corrected chi connectivity index (χ4v) is 3.77. The van der Waals surface area contributed by atoms with Crippen LogP contribution >= 0.6 is 0 Å². The first-order valence-corrected chi connectivity index (χ1v) is 9.11. The summed E-state index contributed by atoms with van der Waals surface area (Å²) >= 11 is 0. The van der Waals surface area contributed by atoms with Crippen LogP contribution in [0.2, 0.25) is 0 Å². The van der Waals surface area contributed by atoms with Crippen molar-refractivity contribution in [1.82, 2.24) is 34.6 Å². The van der Waals surface area contributed by atoms with Crippen molar-refractivity contribution in [2.24, 2.45) is 7.05 Å². The van der Waals surface area contributed by atoms with Crippen LogP contribution in [-0.2, 0) is 20.1 Å². The van der Waals surface area contributed by atoms with Crippen LogP contribution in [0.25, 0.3) is 0 Å². The summed E-state index contributed by atoms with van der Waals surface area (Å²) in [6, 6.07) is 1.92. The number of nitrogens with zero attached hydrogens (tertiary/aromatic N) is 7. The van der Waals surface area contributed by atoms with Crippen LogP contribution in [0.1, 0.15) is 47.4 Å². The van der Waals surface area contributed by atoms with Gasteiger partial charge in [-0.1, -0.05) is 5.16 Å². The van der Waals surface area contributed by atoms with E-state index >= 15 is 0 Å². The van der Waals surface area contributed by atoms with Gasteiger partial charge in [0.25, 0.3) is 0 Å². The van der Waals surface area contributed by atoms with Gasteiger partial charge in [-0.2, -0.15) is 5.10 Å². The summed E-state index contributed by atoms with van der Waals surface area (Å²) in [5.74, 6) is 3.32. The monoisotopic (exact) mass is 355 g/mol. The summed E-state index contributed by atoms with van der Waals surface area (Å²) in [7, 11) is 2.06. The van der Waals surface area contributed by atoms with Crippen LogP contribution in [-0.4, -0.2) is 47.7 Å². The third kappa shape index (κ3) is 3.29. The SMILES string of the molecule is Cc1noc(C)c1CN1CCC[C@H](c2nnc(Cn3cccn3)n2C)C1. The predicted molar refractivity (Wildman–Crippen MR) is 95.6 cm³/mol. The summed E-state index contributed by atoms with van der Waals surface area (Å²) in [5, 5.41) is 17.2. The van der Waals surface area contributed by atoms with E-state index in [4.69, 9.17) is 4.52 Å². The van der Waals surface area contributed by atoms with Gasteiger partial charge in [-0.05, 0) is 39.3 Å². The molecule has 138 valence electrons. The third-order valence-electron chi connectivity index (χ3n) is 5.29. The predicted octanol–water partition coefficient (Wildman–Crippen LogP) is 2.04. The number of rotatable bonds is 5. The summed E-state index contributed by atoms with van der Waals surface area (Å²) in [6.07, 6.45) is 6.03. The van der Waals surface area contributed by atoms with Gasteiger partial charge in [-0.3, -0.25) is 9.58 Å². The van der Waals surface area contributed by atoms with Gasteiger partial charge in [0.1, 0.15) is 18.1 Å². The lowest BCUT2D eigenvalue weighted by atomic mass is 9.96. The molecule has 0 radical (unpaired) electrons. The summed E-state index contributed by atoms with van der Waals surface area (Å²) in [5.41, 5.74) is 2.20. The molecule has 0 amide bonds. The Hall–Kier alpha value is -2.48. The van der Waals surface area contributed by atoms with Crippen molar-refractivity contribution in [3.63, 3.8) is 0 Å². The van der Waals surface area contributed by atoms with E-state index in [-0.39, 0.29) is 0 Å². The number of likely N-dealkylation sites (tertiary alicyclic amines) is 1. The molecule has 0 N–H and O–H groups in total. The molecule has 26 heavy (non-hydrogen) atoms. The molecule has 0 aromatic carbocycles. The molecule has 0 spiro atoms. The van der Waals surface area contributed by atoms with Gasteiger partial charge in [-0.25, -0.2) is 0 Å². The summed E-state index contributed by atoms with van der Waals surface area (Å²) in [6.45, 7) is 7.61. The fourth-order valence-electron chi connectivity index (χ4n) is 3.77. The average molecular weight is 355 g/mol. The lowest BCUT2D eigenvalue weighted by molar-refractivity contribution is 0.193. The van der Waals surface area contributed by atoms with Gasteiger partial charge in [0.05, 0.1) is 5.69 Å². The molecule has 4 rings (SSSR count). The number of aromatic nitrogens is 6. The Morgan fingerprint density at radius 1 is 1.23 bits per heavy atom.